The Morgan fingerprint density at radius 3 is 2.46 bits per heavy atom. The predicted molar refractivity (Wildman–Crippen MR) is 151 cm³/mol. The van der Waals surface area contributed by atoms with E-state index in [1.807, 2.05) is 54.6 Å². The minimum absolute atomic E-state index is 0.0140. The molecule has 8 heteroatoms. The van der Waals surface area contributed by atoms with E-state index in [0.717, 1.165) is 35.2 Å². The van der Waals surface area contributed by atoms with Crippen LogP contribution in [-0.4, -0.2) is 31.9 Å². The first-order valence-electron chi connectivity index (χ1n) is 13.0. The van der Waals surface area contributed by atoms with Crippen molar-refractivity contribution in [3.8, 4) is 22.6 Å². The average Bonchev–Trinajstić information content (AvgIpc) is 3.40. The highest BCUT2D eigenvalue weighted by atomic mass is 16.5. The SMILES string of the molecule is CCC(CC)CC(=O)c1ccc(NC(=O)c2n[nH]c3ccc(-c4cncc(Oc5ccccc5)c4)cc23)cn1. The van der Waals surface area contributed by atoms with Crippen LogP contribution >= 0.6 is 0 Å². The van der Waals surface area contributed by atoms with Gasteiger partial charge >= 0.3 is 0 Å². The van der Waals surface area contributed by atoms with E-state index in [1.54, 1.807) is 24.5 Å². The Bertz CT molecular complexity index is 1590. The van der Waals surface area contributed by atoms with Gasteiger partial charge in [-0.25, -0.2) is 0 Å². The summed E-state index contributed by atoms with van der Waals surface area (Å²) in [4.78, 5) is 34.2. The number of nitrogens with zero attached hydrogens (tertiary/aromatic N) is 3. The summed E-state index contributed by atoms with van der Waals surface area (Å²) < 4.78 is 5.92. The second-order valence-electron chi connectivity index (χ2n) is 9.35. The Balaban J connectivity index is 1.33. The maximum absolute atomic E-state index is 13.1. The molecule has 2 aromatic carbocycles. The number of fused-ring (bicyclic) bond motifs is 1. The van der Waals surface area contributed by atoms with Crippen LogP contribution in [-0.2, 0) is 0 Å². The van der Waals surface area contributed by atoms with Crippen LogP contribution in [0.1, 0.15) is 54.1 Å². The number of anilines is 1. The standard InChI is InChI=1S/C31H29N5O3/c1-3-20(4-2)14-29(37)28-13-11-23(18-33-28)34-31(38)30-26-16-21(10-12-27(26)35-36-30)22-15-25(19-32-17-22)39-24-8-6-5-7-9-24/h5-13,15-20H,3-4,14H2,1-2H3,(H,34,38)(H,35,36). The monoisotopic (exact) mass is 519 g/mol. The molecule has 0 saturated heterocycles. The van der Waals surface area contributed by atoms with Crippen molar-refractivity contribution in [2.45, 2.75) is 33.1 Å². The van der Waals surface area contributed by atoms with Gasteiger partial charge in [0.1, 0.15) is 17.2 Å². The molecule has 39 heavy (non-hydrogen) atoms. The number of pyridine rings is 2. The lowest BCUT2D eigenvalue weighted by molar-refractivity contribution is 0.0953. The van der Waals surface area contributed by atoms with Crippen molar-refractivity contribution >= 4 is 28.3 Å². The second-order valence-corrected chi connectivity index (χ2v) is 9.35. The van der Waals surface area contributed by atoms with E-state index >= 15 is 0 Å². The van der Waals surface area contributed by atoms with Crippen LogP contribution in [0.2, 0.25) is 0 Å². The van der Waals surface area contributed by atoms with E-state index in [4.69, 9.17) is 4.74 Å². The number of carbonyl (C=O) groups is 2. The Morgan fingerprint density at radius 2 is 1.72 bits per heavy atom. The van der Waals surface area contributed by atoms with Gasteiger partial charge in [-0.1, -0.05) is 51.0 Å². The van der Waals surface area contributed by atoms with Gasteiger partial charge in [0.05, 0.1) is 23.6 Å². The summed E-state index contributed by atoms with van der Waals surface area (Å²) in [5.74, 6) is 1.32. The predicted octanol–water partition coefficient (Wildman–Crippen LogP) is 7.07. The molecule has 3 heterocycles. The number of aromatic nitrogens is 4. The quantitative estimate of drug-likeness (QED) is 0.191. The van der Waals surface area contributed by atoms with E-state index in [-0.39, 0.29) is 17.4 Å². The molecule has 1 amide bonds. The van der Waals surface area contributed by atoms with Crippen LogP contribution in [0.4, 0.5) is 5.69 Å². The van der Waals surface area contributed by atoms with Gasteiger partial charge < -0.3 is 10.1 Å². The minimum Gasteiger partial charge on any atom is -0.456 e. The van der Waals surface area contributed by atoms with E-state index in [1.165, 1.54) is 6.20 Å². The van der Waals surface area contributed by atoms with Gasteiger partial charge in [-0.3, -0.25) is 24.7 Å². The van der Waals surface area contributed by atoms with Crippen LogP contribution in [0.3, 0.4) is 0 Å². The molecule has 0 spiro atoms. The lowest BCUT2D eigenvalue weighted by Crippen LogP contribution is -2.14. The van der Waals surface area contributed by atoms with Crippen LogP contribution in [0.5, 0.6) is 11.5 Å². The molecule has 0 fully saturated rings. The molecular weight excluding hydrogens is 490 g/mol. The number of rotatable bonds is 10. The number of para-hydroxylation sites is 1. The van der Waals surface area contributed by atoms with Gasteiger partial charge in [0.2, 0.25) is 0 Å². The minimum atomic E-state index is -0.379. The molecule has 196 valence electrons. The second kappa shape index (κ2) is 11.7. The van der Waals surface area contributed by atoms with Crippen molar-refractivity contribution in [3.63, 3.8) is 0 Å². The first-order chi connectivity index (χ1) is 19.0. The number of carbonyl (C=O) groups excluding carboxylic acids is 2. The summed E-state index contributed by atoms with van der Waals surface area (Å²) in [5.41, 5.74) is 3.59. The Kier molecular flexibility index (Phi) is 7.73. The average molecular weight is 520 g/mol. The molecular formula is C31H29N5O3. The summed E-state index contributed by atoms with van der Waals surface area (Å²) in [6.07, 6.45) is 7.30. The molecule has 5 aromatic rings. The number of Topliss-reactive ketones (excluding diaryl/α,β-unsaturated/α-hetero) is 1. The van der Waals surface area contributed by atoms with Crippen LogP contribution in [0.25, 0.3) is 22.0 Å². The lowest BCUT2D eigenvalue weighted by Gasteiger charge is -2.10. The topological polar surface area (TPSA) is 110 Å². The molecule has 2 N–H and O–H groups in total. The summed E-state index contributed by atoms with van der Waals surface area (Å²) in [6, 6.07) is 20.5. The Hall–Kier alpha value is -4.85. The summed E-state index contributed by atoms with van der Waals surface area (Å²) in [5, 5.41) is 10.7. The number of nitrogens with one attached hydrogen (secondary N) is 2. The highest BCUT2D eigenvalue weighted by Crippen LogP contribution is 2.29. The molecule has 3 aromatic heterocycles. The lowest BCUT2D eigenvalue weighted by atomic mass is 9.96. The molecule has 0 aliphatic heterocycles. The normalized spacial score (nSPS) is 11.1. The number of H-pyrrole nitrogens is 1. The molecule has 0 aliphatic carbocycles. The molecule has 0 atom stereocenters. The van der Waals surface area contributed by atoms with Crippen molar-refractivity contribution in [1.29, 1.82) is 0 Å². The van der Waals surface area contributed by atoms with Crippen molar-refractivity contribution in [2.24, 2.45) is 5.92 Å². The fourth-order valence-corrected chi connectivity index (χ4v) is 4.39. The summed E-state index contributed by atoms with van der Waals surface area (Å²) in [6.45, 7) is 4.17. The highest BCUT2D eigenvalue weighted by molar-refractivity contribution is 6.11. The van der Waals surface area contributed by atoms with Crippen LogP contribution < -0.4 is 10.1 Å². The number of ketones is 1. The summed E-state index contributed by atoms with van der Waals surface area (Å²) in [7, 11) is 0. The molecule has 0 unspecified atom stereocenters. The zero-order valence-electron chi connectivity index (χ0n) is 21.8. The zero-order valence-corrected chi connectivity index (χ0v) is 21.8. The first-order valence-corrected chi connectivity index (χ1v) is 13.0. The van der Waals surface area contributed by atoms with Gasteiger partial charge in [-0.2, -0.15) is 5.10 Å². The van der Waals surface area contributed by atoms with E-state index in [9.17, 15) is 9.59 Å². The number of benzene rings is 2. The van der Waals surface area contributed by atoms with Crippen LogP contribution in [0, 0.1) is 5.92 Å². The third-order valence-corrected chi connectivity index (χ3v) is 6.74. The van der Waals surface area contributed by atoms with Gasteiger partial charge in [0, 0.05) is 23.6 Å². The van der Waals surface area contributed by atoms with Gasteiger partial charge in [-0.15, -0.1) is 0 Å². The third-order valence-electron chi connectivity index (χ3n) is 6.74. The Morgan fingerprint density at radius 1 is 0.897 bits per heavy atom. The van der Waals surface area contributed by atoms with Crippen LogP contribution in [0.15, 0.2) is 85.3 Å². The molecule has 0 bridgehead atoms. The number of hydrogen-bond acceptors (Lipinski definition) is 6. The van der Waals surface area contributed by atoms with Crippen molar-refractivity contribution in [3.05, 3.63) is 96.7 Å². The molecule has 0 aliphatic rings. The fourth-order valence-electron chi connectivity index (χ4n) is 4.39. The van der Waals surface area contributed by atoms with Crippen molar-refractivity contribution in [2.75, 3.05) is 5.32 Å². The largest absolute Gasteiger partial charge is 0.456 e. The maximum atomic E-state index is 13.1. The van der Waals surface area contributed by atoms with Crippen molar-refractivity contribution < 1.29 is 14.3 Å². The smallest absolute Gasteiger partial charge is 0.276 e. The molecule has 8 nitrogen and oxygen atoms in total. The highest BCUT2D eigenvalue weighted by Gasteiger charge is 2.17. The number of hydrogen-bond donors (Lipinski definition) is 2. The van der Waals surface area contributed by atoms with Gasteiger partial charge in [-0.05, 0) is 53.9 Å². The van der Waals surface area contributed by atoms with Gasteiger partial charge in [0.25, 0.3) is 5.91 Å². The molecule has 0 radical (unpaired) electrons. The number of amides is 1. The van der Waals surface area contributed by atoms with E-state index in [2.05, 4.69) is 39.3 Å². The fraction of sp³-hybridized carbons (Fsp3) is 0.194. The van der Waals surface area contributed by atoms with Gasteiger partial charge in [0.15, 0.2) is 11.5 Å². The Labute approximate surface area is 226 Å². The summed E-state index contributed by atoms with van der Waals surface area (Å²) >= 11 is 0. The first kappa shape index (κ1) is 25.8. The van der Waals surface area contributed by atoms with E-state index in [0.29, 0.717) is 34.9 Å². The third kappa shape index (κ3) is 6.01. The van der Waals surface area contributed by atoms with E-state index < -0.39 is 0 Å². The molecule has 5 rings (SSSR count). The van der Waals surface area contributed by atoms with Crippen molar-refractivity contribution in [1.82, 2.24) is 20.2 Å². The maximum Gasteiger partial charge on any atom is 0.276 e. The number of ether oxygens (including phenoxy) is 1. The number of aromatic amines is 1. The molecule has 0 saturated carbocycles. The zero-order chi connectivity index (χ0) is 27.2.